The molecule has 3 N–H and O–H groups in total. The van der Waals surface area contributed by atoms with Crippen molar-refractivity contribution >= 4 is 28.8 Å². The van der Waals surface area contributed by atoms with Crippen LogP contribution in [0.4, 0.5) is 5.82 Å². The molecule has 1 saturated carbocycles. The molecule has 4 rings (SSSR count). The lowest BCUT2D eigenvalue weighted by molar-refractivity contribution is -0.126. The first-order chi connectivity index (χ1) is 13.6. The molecule has 3 heterocycles. The van der Waals surface area contributed by atoms with E-state index in [0.717, 1.165) is 19.4 Å². The lowest BCUT2D eigenvalue weighted by atomic mass is 9.85. The summed E-state index contributed by atoms with van der Waals surface area (Å²) in [4.78, 5) is 38.1. The second kappa shape index (κ2) is 8.00. The van der Waals surface area contributed by atoms with Crippen LogP contribution in [0.5, 0.6) is 0 Å². The van der Waals surface area contributed by atoms with Gasteiger partial charge in [-0.3, -0.25) is 9.59 Å². The molecule has 8 nitrogen and oxygen atoms in total. The highest BCUT2D eigenvalue weighted by Crippen LogP contribution is 2.25. The molecule has 2 amide bonds. The van der Waals surface area contributed by atoms with E-state index in [4.69, 9.17) is 0 Å². The lowest BCUT2D eigenvalue weighted by Crippen LogP contribution is -2.41. The van der Waals surface area contributed by atoms with Gasteiger partial charge in [-0.2, -0.15) is 0 Å². The van der Waals surface area contributed by atoms with Gasteiger partial charge in [-0.05, 0) is 37.7 Å². The first-order valence-corrected chi connectivity index (χ1v) is 9.94. The number of H-pyrrole nitrogens is 1. The fourth-order valence-electron chi connectivity index (χ4n) is 3.75. The van der Waals surface area contributed by atoms with E-state index in [2.05, 4.69) is 32.2 Å². The normalized spacial score (nSPS) is 17.9. The lowest BCUT2D eigenvalue weighted by Gasteiger charge is -2.31. The molecule has 8 heteroatoms. The van der Waals surface area contributed by atoms with Gasteiger partial charge in [0.2, 0.25) is 5.91 Å². The predicted octanol–water partition coefficient (Wildman–Crippen LogP) is 2.08. The molecular weight excluding hydrogens is 356 g/mol. The predicted molar refractivity (Wildman–Crippen MR) is 107 cm³/mol. The number of likely N-dealkylation sites (tertiary alicyclic amines) is 1. The van der Waals surface area contributed by atoms with Crippen LogP contribution in [0.1, 0.15) is 42.5 Å². The number of nitrogens with zero attached hydrogens (tertiary/aromatic N) is 3. The molecule has 0 bridgehead atoms. The summed E-state index contributed by atoms with van der Waals surface area (Å²) in [5, 5.41) is 6.40. The standard InChI is InChI=1S/C20H26N6O2/c1-2-17(27)26-8-6-14(7-9-26)24-16-12-22-19-18(25-16)15(11-21-19)20(28)23-10-13-4-3-5-13/h2,11-14H,1,3-10H2,(H,21,22)(H,23,28)(H,24,25). The van der Waals surface area contributed by atoms with Gasteiger partial charge in [0.15, 0.2) is 5.65 Å². The van der Waals surface area contributed by atoms with Crippen LogP contribution in [0.25, 0.3) is 11.2 Å². The van der Waals surface area contributed by atoms with Gasteiger partial charge in [0.25, 0.3) is 5.91 Å². The number of fused-ring (bicyclic) bond motifs is 1. The second-order valence-electron chi connectivity index (χ2n) is 7.61. The van der Waals surface area contributed by atoms with Crippen molar-refractivity contribution < 1.29 is 9.59 Å². The number of amides is 2. The Labute approximate surface area is 163 Å². The minimum Gasteiger partial charge on any atom is -0.366 e. The van der Waals surface area contributed by atoms with Crippen molar-refractivity contribution in [2.75, 3.05) is 25.0 Å². The molecule has 1 aliphatic carbocycles. The number of nitrogens with one attached hydrogen (secondary N) is 3. The molecule has 2 aromatic heterocycles. The van der Waals surface area contributed by atoms with E-state index in [1.54, 1.807) is 17.3 Å². The monoisotopic (exact) mass is 382 g/mol. The van der Waals surface area contributed by atoms with Crippen LogP contribution in [0, 0.1) is 5.92 Å². The van der Waals surface area contributed by atoms with Crippen molar-refractivity contribution in [1.29, 1.82) is 0 Å². The zero-order valence-corrected chi connectivity index (χ0v) is 15.9. The number of hydrogen-bond acceptors (Lipinski definition) is 5. The van der Waals surface area contributed by atoms with Crippen LogP contribution in [0.3, 0.4) is 0 Å². The van der Waals surface area contributed by atoms with E-state index in [1.165, 1.54) is 25.3 Å². The Bertz CT molecular complexity index is 880. The van der Waals surface area contributed by atoms with Gasteiger partial charge in [0.05, 0.1) is 11.8 Å². The van der Waals surface area contributed by atoms with Crippen LogP contribution in [-0.2, 0) is 4.79 Å². The van der Waals surface area contributed by atoms with Crippen molar-refractivity contribution in [3.05, 3.63) is 30.6 Å². The number of aromatic nitrogens is 3. The Balaban J connectivity index is 1.40. The van der Waals surface area contributed by atoms with Crippen molar-refractivity contribution in [2.45, 2.75) is 38.1 Å². The molecule has 0 unspecified atom stereocenters. The molecule has 2 aliphatic rings. The van der Waals surface area contributed by atoms with E-state index >= 15 is 0 Å². The van der Waals surface area contributed by atoms with E-state index < -0.39 is 0 Å². The number of carbonyl (C=O) groups excluding carboxylic acids is 2. The Kier molecular flexibility index (Phi) is 5.27. The number of hydrogen-bond donors (Lipinski definition) is 3. The average molecular weight is 382 g/mol. The highest BCUT2D eigenvalue weighted by atomic mass is 16.2. The maximum atomic E-state index is 12.5. The molecule has 148 valence electrons. The molecule has 0 atom stereocenters. The largest absolute Gasteiger partial charge is 0.366 e. The zero-order chi connectivity index (χ0) is 19.5. The summed E-state index contributed by atoms with van der Waals surface area (Å²) >= 11 is 0. The van der Waals surface area contributed by atoms with E-state index in [9.17, 15) is 9.59 Å². The fourth-order valence-corrected chi connectivity index (χ4v) is 3.75. The van der Waals surface area contributed by atoms with Crippen LogP contribution >= 0.6 is 0 Å². The molecule has 0 aromatic carbocycles. The van der Waals surface area contributed by atoms with Gasteiger partial charge in [-0.25, -0.2) is 9.97 Å². The number of carbonyl (C=O) groups is 2. The Hall–Kier alpha value is -2.90. The van der Waals surface area contributed by atoms with E-state index in [-0.39, 0.29) is 17.9 Å². The van der Waals surface area contributed by atoms with Gasteiger partial charge in [-0.1, -0.05) is 13.0 Å². The van der Waals surface area contributed by atoms with E-state index in [1.807, 2.05) is 0 Å². The van der Waals surface area contributed by atoms with Crippen molar-refractivity contribution in [3.8, 4) is 0 Å². The summed E-state index contributed by atoms with van der Waals surface area (Å²) in [6, 6.07) is 0.218. The summed E-state index contributed by atoms with van der Waals surface area (Å²) in [6.45, 7) is 5.64. The summed E-state index contributed by atoms with van der Waals surface area (Å²) in [6.07, 6.45) is 10.0. The molecule has 2 fully saturated rings. The minimum atomic E-state index is -0.110. The third-order valence-electron chi connectivity index (χ3n) is 5.73. The molecule has 1 aliphatic heterocycles. The van der Waals surface area contributed by atoms with Crippen LogP contribution in [0.15, 0.2) is 25.0 Å². The summed E-state index contributed by atoms with van der Waals surface area (Å²) in [5.41, 5.74) is 1.71. The van der Waals surface area contributed by atoms with E-state index in [0.29, 0.717) is 41.6 Å². The molecule has 28 heavy (non-hydrogen) atoms. The fraction of sp³-hybridized carbons (Fsp3) is 0.500. The van der Waals surface area contributed by atoms with Crippen molar-refractivity contribution in [3.63, 3.8) is 0 Å². The van der Waals surface area contributed by atoms with Crippen molar-refractivity contribution in [2.24, 2.45) is 5.92 Å². The number of aromatic amines is 1. The third kappa shape index (κ3) is 3.85. The Morgan fingerprint density at radius 1 is 1.29 bits per heavy atom. The molecule has 0 radical (unpaired) electrons. The van der Waals surface area contributed by atoms with Gasteiger partial charge in [0.1, 0.15) is 11.3 Å². The summed E-state index contributed by atoms with van der Waals surface area (Å²) in [5.74, 6) is 1.12. The zero-order valence-electron chi connectivity index (χ0n) is 15.9. The highest BCUT2D eigenvalue weighted by molar-refractivity contribution is 6.04. The topological polar surface area (TPSA) is 103 Å². The second-order valence-corrected chi connectivity index (χ2v) is 7.61. The van der Waals surface area contributed by atoms with Crippen LogP contribution in [-0.4, -0.2) is 57.3 Å². The van der Waals surface area contributed by atoms with Gasteiger partial charge in [0, 0.05) is 31.9 Å². The Morgan fingerprint density at radius 2 is 2.07 bits per heavy atom. The number of piperidine rings is 1. The summed E-state index contributed by atoms with van der Waals surface area (Å²) in [7, 11) is 0. The molecule has 0 spiro atoms. The number of rotatable bonds is 6. The maximum absolute atomic E-state index is 12.5. The highest BCUT2D eigenvalue weighted by Gasteiger charge is 2.23. The SMILES string of the molecule is C=CC(=O)N1CCC(Nc2cnc3[nH]cc(C(=O)NCC4CCC4)c3n2)CC1. The molecular formula is C20H26N6O2. The van der Waals surface area contributed by atoms with Gasteiger partial charge < -0.3 is 20.5 Å². The number of anilines is 1. The average Bonchev–Trinajstić information content (AvgIpc) is 3.10. The quantitative estimate of drug-likeness (QED) is 0.664. The maximum Gasteiger partial charge on any atom is 0.255 e. The van der Waals surface area contributed by atoms with Crippen molar-refractivity contribution in [1.82, 2.24) is 25.2 Å². The molecule has 1 saturated heterocycles. The third-order valence-corrected chi connectivity index (χ3v) is 5.73. The van der Waals surface area contributed by atoms with Crippen LogP contribution in [0.2, 0.25) is 0 Å². The molecule has 2 aromatic rings. The first kappa shape index (κ1) is 18.5. The Morgan fingerprint density at radius 3 is 2.75 bits per heavy atom. The smallest absolute Gasteiger partial charge is 0.255 e. The van der Waals surface area contributed by atoms with Gasteiger partial charge in [-0.15, -0.1) is 0 Å². The minimum absolute atomic E-state index is 0.0236. The van der Waals surface area contributed by atoms with Gasteiger partial charge >= 0.3 is 0 Å². The first-order valence-electron chi connectivity index (χ1n) is 9.94. The van der Waals surface area contributed by atoms with Crippen LogP contribution < -0.4 is 10.6 Å². The summed E-state index contributed by atoms with van der Waals surface area (Å²) < 4.78 is 0.